The highest BCUT2D eigenvalue weighted by Gasteiger charge is 2.37. The van der Waals surface area contributed by atoms with Gasteiger partial charge in [0, 0.05) is 0 Å². The van der Waals surface area contributed by atoms with Crippen molar-refractivity contribution in [2.24, 2.45) is 23.7 Å². The number of aliphatic carboxylic acids is 2. The normalized spacial score (nSPS) is 16.2. The van der Waals surface area contributed by atoms with Gasteiger partial charge in [-0.1, -0.05) is 20.8 Å². The van der Waals surface area contributed by atoms with Gasteiger partial charge in [-0.25, -0.2) is 0 Å². The summed E-state index contributed by atoms with van der Waals surface area (Å²) in [5.41, 5.74) is 0. The molecule has 0 bridgehead atoms. The Bertz CT molecular complexity index is 306. The molecule has 3 unspecified atom stereocenters. The Morgan fingerprint density at radius 1 is 1.19 bits per heavy atom. The molecule has 0 saturated heterocycles. The van der Waals surface area contributed by atoms with Crippen molar-refractivity contribution in [1.29, 1.82) is 5.26 Å². The zero-order valence-electron chi connectivity index (χ0n) is 9.67. The summed E-state index contributed by atoms with van der Waals surface area (Å²) in [6.45, 7) is 5.06. The highest BCUT2D eigenvalue weighted by Crippen LogP contribution is 2.27. The molecule has 0 aromatic carbocycles. The molecule has 0 aromatic heterocycles. The molecule has 5 nitrogen and oxygen atoms in total. The molecule has 3 atom stereocenters. The topological polar surface area (TPSA) is 98.4 Å². The molecule has 2 N–H and O–H groups in total. The lowest BCUT2D eigenvalue weighted by atomic mass is 9.79. The van der Waals surface area contributed by atoms with Gasteiger partial charge in [0.15, 0.2) is 0 Å². The molecule has 0 aliphatic rings. The maximum Gasteiger partial charge on any atom is 0.308 e. The molecular formula is C11H17NO4. The fraction of sp³-hybridized carbons (Fsp3) is 0.727. The molecule has 16 heavy (non-hydrogen) atoms. The van der Waals surface area contributed by atoms with E-state index < -0.39 is 29.7 Å². The van der Waals surface area contributed by atoms with Gasteiger partial charge in [0.05, 0.1) is 23.8 Å². The summed E-state index contributed by atoms with van der Waals surface area (Å²) in [4.78, 5) is 21.8. The van der Waals surface area contributed by atoms with Crippen LogP contribution in [-0.4, -0.2) is 22.2 Å². The minimum absolute atomic E-state index is 0.160. The molecule has 0 rings (SSSR count). The first kappa shape index (κ1) is 14.4. The van der Waals surface area contributed by atoms with E-state index in [0.29, 0.717) is 6.42 Å². The van der Waals surface area contributed by atoms with E-state index >= 15 is 0 Å². The number of carbonyl (C=O) groups is 2. The van der Waals surface area contributed by atoms with Crippen molar-refractivity contribution >= 4 is 11.9 Å². The summed E-state index contributed by atoms with van der Waals surface area (Å²) < 4.78 is 0. The molecule has 0 fully saturated rings. The Kier molecular flexibility index (Phi) is 5.51. The monoisotopic (exact) mass is 227 g/mol. The Labute approximate surface area is 94.7 Å². The summed E-state index contributed by atoms with van der Waals surface area (Å²) in [5, 5.41) is 26.7. The molecule has 5 heteroatoms. The third-order valence-corrected chi connectivity index (χ3v) is 2.54. The minimum atomic E-state index is -1.22. The molecular weight excluding hydrogens is 210 g/mol. The number of carboxylic acids is 2. The quantitative estimate of drug-likeness (QED) is 0.718. The maximum absolute atomic E-state index is 11.0. The van der Waals surface area contributed by atoms with Crippen LogP contribution in [0.3, 0.4) is 0 Å². The smallest absolute Gasteiger partial charge is 0.308 e. The van der Waals surface area contributed by atoms with E-state index in [-0.39, 0.29) is 5.92 Å². The standard InChI is InChI=1S/C11H17NO4/c1-6(2)4-8(5-12)9(11(15)16)7(3)10(13)14/h6-9H,4H2,1-3H3,(H,13,14)(H,15,16). The third-order valence-electron chi connectivity index (χ3n) is 2.54. The highest BCUT2D eigenvalue weighted by atomic mass is 16.4. The van der Waals surface area contributed by atoms with Crippen molar-refractivity contribution in [2.75, 3.05) is 0 Å². The lowest BCUT2D eigenvalue weighted by molar-refractivity contribution is -0.154. The van der Waals surface area contributed by atoms with Gasteiger partial charge in [-0.15, -0.1) is 0 Å². The second kappa shape index (κ2) is 6.11. The van der Waals surface area contributed by atoms with Crippen LogP contribution in [0.25, 0.3) is 0 Å². The molecule has 0 spiro atoms. The molecule has 0 amide bonds. The van der Waals surface area contributed by atoms with Gasteiger partial charge in [-0.3, -0.25) is 9.59 Å². The lowest BCUT2D eigenvalue weighted by Crippen LogP contribution is -2.34. The summed E-state index contributed by atoms with van der Waals surface area (Å²) in [5.74, 6) is -5.21. The van der Waals surface area contributed by atoms with Gasteiger partial charge >= 0.3 is 11.9 Å². The predicted molar refractivity (Wildman–Crippen MR) is 56.5 cm³/mol. The zero-order valence-corrected chi connectivity index (χ0v) is 9.67. The van der Waals surface area contributed by atoms with E-state index in [1.165, 1.54) is 6.92 Å². The molecule has 0 saturated carbocycles. The fourth-order valence-electron chi connectivity index (χ4n) is 1.68. The fourth-order valence-corrected chi connectivity index (χ4v) is 1.68. The molecule has 0 heterocycles. The zero-order chi connectivity index (χ0) is 12.9. The van der Waals surface area contributed by atoms with Crippen LogP contribution < -0.4 is 0 Å². The summed E-state index contributed by atoms with van der Waals surface area (Å²) in [6.07, 6.45) is 0.394. The number of hydrogen-bond donors (Lipinski definition) is 2. The van der Waals surface area contributed by atoms with Crippen LogP contribution in [0.1, 0.15) is 27.2 Å². The van der Waals surface area contributed by atoms with E-state index in [4.69, 9.17) is 15.5 Å². The first-order chi connectivity index (χ1) is 7.31. The summed E-state index contributed by atoms with van der Waals surface area (Å²) in [7, 11) is 0. The van der Waals surface area contributed by atoms with E-state index in [1.54, 1.807) is 0 Å². The van der Waals surface area contributed by atoms with Gasteiger partial charge in [0.1, 0.15) is 0 Å². The van der Waals surface area contributed by atoms with Crippen molar-refractivity contribution in [3.63, 3.8) is 0 Å². The number of nitriles is 1. The molecule has 0 aliphatic heterocycles. The average molecular weight is 227 g/mol. The second-order valence-corrected chi connectivity index (χ2v) is 4.36. The molecule has 0 aliphatic carbocycles. The lowest BCUT2D eigenvalue weighted by Gasteiger charge is -2.22. The average Bonchev–Trinajstić information content (AvgIpc) is 2.14. The minimum Gasteiger partial charge on any atom is -0.481 e. The van der Waals surface area contributed by atoms with Crippen molar-refractivity contribution in [2.45, 2.75) is 27.2 Å². The highest BCUT2D eigenvalue weighted by molar-refractivity contribution is 5.80. The molecule has 0 aromatic rings. The first-order valence-electron chi connectivity index (χ1n) is 5.16. The number of hydrogen-bond acceptors (Lipinski definition) is 3. The van der Waals surface area contributed by atoms with Crippen LogP contribution in [0.4, 0.5) is 0 Å². The van der Waals surface area contributed by atoms with Crippen LogP contribution in [0.2, 0.25) is 0 Å². The Morgan fingerprint density at radius 2 is 1.69 bits per heavy atom. The van der Waals surface area contributed by atoms with Crippen LogP contribution >= 0.6 is 0 Å². The first-order valence-corrected chi connectivity index (χ1v) is 5.16. The van der Waals surface area contributed by atoms with Crippen molar-refractivity contribution in [3.8, 4) is 6.07 Å². The van der Waals surface area contributed by atoms with Gasteiger partial charge in [-0.05, 0) is 12.3 Å². The summed E-state index contributed by atoms with van der Waals surface area (Å²) >= 11 is 0. The van der Waals surface area contributed by atoms with Crippen molar-refractivity contribution in [1.82, 2.24) is 0 Å². The van der Waals surface area contributed by atoms with Crippen LogP contribution in [-0.2, 0) is 9.59 Å². The Balaban J connectivity index is 4.95. The van der Waals surface area contributed by atoms with Gasteiger partial charge in [0.25, 0.3) is 0 Å². The van der Waals surface area contributed by atoms with Gasteiger partial charge in [-0.2, -0.15) is 5.26 Å². The third kappa shape index (κ3) is 3.89. The van der Waals surface area contributed by atoms with Gasteiger partial charge < -0.3 is 10.2 Å². The number of carboxylic acid groups (broad SMARTS) is 2. The predicted octanol–water partition coefficient (Wildman–Crippen LogP) is 1.59. The van der Waals surface area contributed by atoms with Crippen molar-refractivity contribution < 1.29 is 19.8 Å². The molecule has 90 valence electrons. The van der Waals surface area contributed by atoms with Crippen molar-refractivity contribution in [3.05, 3.63) is 0 Å². The largest absolute Gasteiger partial charge is 0.481 e. The number of rotatable bonds is 6. The van der Waals surface area contributed by atoms with Gasteiger partial charge in [0.2, 0.25) is 0 Å². The molecule has 0 radical (unpaired) electrons. The summed E-state index contributed by atoms with van der Waals surface area (Å²) in [6, 6.07) is 1.91. The van der Waals surface area contributed by atoms with Crippen LogP contribution in [0.15, 0.2) is 0 Å². The van der Waals surface area contributed by atoms with Crippen LogP contribution in [0, 0.1) is 35.0 Å². The van der Waals surface area contributed by atoms with E-state index in [2.05, 4.69) is 0 Å². The SMILES string of the molecule is CC(C)CC(C#N)C(C(=O)O)C(C)C(=O)O. The van der Waals surface area contributed by atoms with Crippen LogP contribution in [0.5, 0.6) is 0 Å². The number of nitrogens with zero attached hydrogens (tertiary/aromatic N) is 1. The Morgan fingerprint density at radius 3 is 1.94 bits per heavy atom. The maximum atomic E-state index is 11.0. The van der Waals surface area contributed by atoms with E-state index in [9.17, 15) is 9.59 Å². The van der Waals surface area contributed by atoms with E-state index in [0.717, 1.165) is 0 Å². The second-order valence-electron chi connectivity index (χ2n) is 4.36. The van der Waals surface area contributed by atoms with E-state index in [1.807, 2.05) is 19.9 Å². The Hall–Kier alpha value is -1.57.